The van der Waals surface area contributed by atoms with Gasteiger partial charge in [-0.05, 0) is 48.4 Å². The number of fused-ring (bicyclic) bond motifs is 1. The van der Waals surface area contributed by atoms with Gasteiger partial charge in [0.25, 0.3) is 0 Å². The minimum atomic E-state index is 0.603. The molecule has 0 aliphatic carbocycles. The molecule has 6 nitrogen and oxygen atoms in total. The standard InChI is InChI=1S/C31H37ClN4O2/c1-2-3-16-36-30-23-28(38-21-19-35-17-14-33-15-18-35)11-12-29(30)34-31(36)25-5-4-6-27(22-25)37-20-13-24-7-9-26(32)10-8-24/h4-12,22-23,33H,2-3,13-21H2,1H3. The smallest absolute Gasteiger partial charge is 0.141 e. The Morgan fingerprint density at radius 1 is 0.895 bits per heavy atom. The van der Waals surface area contributed by atoms with E-state index in [2.05, 4.69) is 46.0 Å². The van der Waals surface area contributed by atoms with Crippen molar-refractivity contribution in [2.24, 2.45) is 0 Å². The topological polar surface area (TPSA) is 51.6 Å². The number of nitrogens with one attached hydrogen (secondary N) is 1. The second-order valence-electron chi connectivity index (χ2n) is 9.78. The Bertz CT molecular complexity index is 1320. The summed E-state index contributed by atoms with van der Waals surface area (Å²) in [5.41, 5.74) is 4.36. The highest BCUT2D eigenvalue weighted by Crippen LogP contribution is 2.30. The second-order valence-corrected chi connectivity index (χ2v) is 10.2. The van der Waals surface area contributed by atoms with Gasteiger partial charge in [-0.25, -0.2) is 4.98 Å². The summed E-state index contributed by atoms with van der Waals surface area (Å²) < 4.78 is 14.6. The first kappa shape index (κ1) is 26.5. The van der Waals surface area contributed by atoms with E-state index < -0.39 is 0 Å². The van der Waals surface area contributed by atoms with E-state index in [4.69, 9.17) is 26.1 Å². The van der Waals surface area contributed by atoms with Crippen molar-refractivity contribution in [3.63, 3.8) is 0 Å². The number of hydrogen-bond donors (Lipinski definition) is 1. The van der Waals surface area contributed by atoms with E-state index in [9.17, 15) is 0 Å². The van der Waals surface area contributed by atoms with E-state index in [1.165, 1.54) is 5.56 Å². The molecule has 1 fully saturated rings. The van der Waals surface area contributed by atoms with Crippen molar-refractivity contribution in [2.75, 3.05) is 45.9 Å². The zero-order chi connectivity index (χ0) is 26.2. The van der Waals surface area contributed by atoms with Crippen LogP contribution >= 0.6 is 11.6 Å². The van der Waals surface area contributed by atoms with E-state index in [-0.39, 0.29) is 0 Å². The minimum Gasteiger partial charge on any atom is -0.493 e. The quantitative estimate of drug-likeness (QED) is 0.240. The van der Waals surface area contributed by atoms with Gasteiger partial charge >= 0.3 is 0 Å². The van der Waals surface area contributed by atoms with Gasteiger partial charge in [-0.2, -0.15) is 0 Å². The molecule has 0 atom stereocenters. The predicted molar refractivity (Wildman–Crippen MR) is 156 cm³/mol. The lowest BCUT2D eigenvalue weighted by Crippen LogP contribution is -2.44. The second kappa shape index (κ2) is 13.1. The molecule has 0 bridgehead atoms. The van der Waals surface area contributed by atoms with Crippen molar-refractivity contribution in [3.05, 3.63) is 77.3 Å². The largest absolute Gasteiger partial charge is 0.493 e. The number of imidazole rings is 1. The van der Waals surface area contributed by atoms with Crippen molar-refractivity contribution in [3.8, 4) is 22.9 Å². The van der Waals surface area contributed by atoms with Crippen molar-refractivity contribution >= 4 is 22.6 Å². The summed E-state index contributed by atoms with van der Waals surface area (Å²) in [6.07, 6.45) is 3.03. The summed E-state index contributed by atoms with van der Waals surface area (Å²) in [6, 6.07) is 22.4. The third-order valence-electron chi connectivity index (χ3n) is 7.01. The monoisotopic (exact) mass is 532 g/mol. The van der Waals surface area contributed by atoms with Crippen LogP contribution in [0.5, 0.6) is 11.5 Å². The Morgan fingerprint density at radius 2 is 1.68 bits per heavy atom. The summed E-state index contributed by atoms with van der Waals surface area (Å²) in [5, 5.41) is 4.15. The highest BCUT2D eigenvalue weighted by atomic mass is 35.5. The molecule has 0 amide bonds. The Hall–Kier alpha value is -3.06. The third kappa shape index (κ3) is 6.87. The van der Waals surface area contributed by atoms with E-state index in [1.807, 2.05) is 42.5 Å². The van der Waals surface area contributed by atoms with Gasteiger partial charge in [-0.15, -0.1) is 0 Å². The first-order valence-corrected chi connectivity index (χ1v) is 14.1. The van der Waals surface area contributed by atoms with Crippen molar-refractivity contribution in [1.29, 1.82) is 0 Å². The van der Waals surface area contributed by atoms with Gasteiger partial charge in [0.05, 0.1) is 17.6 Å². The number of unbranched alkanes of at least 4 members (excludes halogenated alkanes) is 1. The summed E-state index contributed by atoms with van der Waals surface area (Å²) in [7, 11) is 0. The fourth-order valence-corrected chi connectivity index (χ4v) is 4.97. The highest BCUT2D eigenvalue weighted by molar-refractivity contribution is 6.30. The van der Waals surface area contributed by atoms with E-state index in [0.717, 1.165) is 97.5 Å². The predicted octanol–water partition coefficient (Wildman–Crippen LogP) is 6.06. The minimum absolute atomic E-state index is 0.603. The van der Waals surface area contributed by atoms with Gasteiger partial charge in [-0.1, -0.05) is 49.2 Å². The van der Waals surface area contributed by atoms with Gasteiger partial charge in [0.15, 0.2) is 0 Å². The number of aryl methyl sites for hydroxylation is 1. The zero-order valence-electron chi connectivity index (χ0n) is 22.2. The molecule has 0 radical (unpaired) electrons. The highest BCUT2D eigenvalue weighted by Gasteiger charge is 2.15. The Labute approximate surface area is 230 Å². The van der Waals surface area contributed by atoms with Crippen LogP contribution in [0, 0.1) is 0 Å². The first-order chi connectivity index (χ1) is 18.7. The van der Waals surface area contributed by atoms with Crippen LogP contribution in [0.15, 0.2) is 66.7 Å². The fraction of sp³-hybridized carbons (Fsp3) is 0.387. The van der Waals surface area contributed by atoms with Crippen molar-refractivity contribution < 1.29 is 9.47 Å². The van der Waals surface area contributed by atoms with E-state index in [1.54, 1.807) is 0 Å². The number of nitrogens with zero attached hydrogens (tertiary/aromatic N) is 3. The molecule has 1 saturated heterocycles. The maximum atomic E-state index is 6.17. The molecule has 1 aliphatic heterocycles. The first-order valence-electron chi connectivity index (χ1n) is 13.7. The molecule has 0 spiro atoms. The average molecular weight is 533 g/mol. The van der Waals surface area contributed by atoms with Crippen LogP contribution in [0.2, 0.25) is 5.02 Å². The molecule has 4 aromatic rings. The zero-order valence-corrected chi connectivity index (χ0v) is 22.9. The maximum absolute atomic E-state index is 6.17. The lowest BCUT2D eigenvalue weighted by molar-refractivity contribution is 0.191. The number of ether oxygens (including phenoxy) is 2. The molecule has 5 rings (SSSR count). The number of halogens is 1. The molecule has 200 valence electrons. The SMILES string of the molecule is CCCCn1c(-c2cccc(OCCc3ccc(Cl)cc3)c2)nc2ccc(OCCN3CCNCC3)cc21. The third-order valence-corrected chi connectivity index (χ3v) is 7.26. The molecule has 2 heterocycles. The fourth-order valence-electron chi connectivity index (χ4n) is 4.85. The number of benzene rings is 3. The summed E-state index contributed by atoms with van der Waals surface area (Å²) in [6.45, 7) is 9.65. The molecule has 0 unspecified atom stereocenters. The van der Waals surface area contributed by atoms with Crippen molar-refractivity contribution in [1.82, 2.24) is 19.8 Å². The van der Waals surface area contributed by atoms with Crippen LogP contribution in [0.4, 0.5) is 0 Å². The van der Waals surface area contributed by atoms with Gasteiger partial charge in [0.2, 0.25) is 0 Å². The number of rotatable bonds is 12. The molecule has 38 heavy (non-hydrogen) atoms. The Balaban J connectivity index is 1.30. The van der Waals surface area contributed by atoms with Crippen LogP contribution < -0.4 is 14.8 Å². The molecule has 7 heteroatoms. The van der Waals surface area contributed by atoms with Crippen LogP contribution in [-0.4, -0.2) is 60.4 Å². The van der Waals surface area contributed by atoms with Crippen LogP contribution in [0.25, 0.3) is 22.4 Å². The summed E-state index contributed by atoms with van der Waals surface area (Å²) >= 11 is 6.00. The molecular weight excluding hydrogens is 496 g/mol. The van der Waals surface area contributed by atoms with Crippen LogP contribution in [0.3, 0.4) is 0 Å². The molecule has 3 aromatic carbocycles. The normalized spacial score (nSPS) is 14.2. The number of hydrogen-bond acceptors (Lipinski definition) is 5. The van der Waals surface area contributed by atoms with Gasteiger partial charge in [0.1, 0.15) is 23.9 Å². The van der Waals surface area contributed by atoms with Gasteiger partial charge < -0.3 is 19.4 Å². The lowest BCUT2D eigenvalue weighted by Gasteiger charge is -2.26. The number of piperazine rings is 1. The molecule has 1 aliphatic rings. The van der Waals surface area contributed by atoms with Gasteiger partial charge in [0, 0.05) is 62.3 Å². The average Bonchev–Trinajstić information content (AvgIpc) is 3.31. The molecular formula is C31H37ClN4O2. The summed E-state index contributed by atoms with van der Waals surface area (Å²) in [4.78, 5) is 7.48. The van der Waals surface area contributed by atoms with Gasteiger partial charge in [-0.3, -0.25) is 4.90 Å². The van der Waals surface area contributed by atoms with Crippen LogP contribution in [0.1, 0.15) is 25.3 Å². The summed E-state index contributed by atoms with van der Waals surface area (Å²) in [5.74, 6) is 2.72. The Kier molecular flexibility index (Phi) is 9.18. The molecule has 1 aromatic heterocycles. The van der Waals surface area contributed by atoms with E-state index >= 15 is 0 Å². The number of aromatic nitrogens is 2. The van der Waals surface area contributed by atoms with Crippen LogP contribution in [-0.2, 0) is 13.0 Å². The van der Waals surface area contributed by atoms with Crippen molar-refractivity contribution in [2.45, 2.75) is 32.7 Å². The Morgan fingerprint density at radius 3 is 2.50 bits per heavy atom. The molecule has 0 saturated carbocycles. The lowest BCUT2D eigenvalue weighted by atomic mass is 10.1. The molecule has 1 N–H and O–H groups in total. The maximum Gasteiger partial charge on any atom is 0.141 e. The van der Waals surface area contributed by atoms with E-state index in [0.29, 0.717) is 13.2 Å².